The van der Waals surface area contributed by atoms with Crippen LogP contribution in [0.3, 0.4) is 0 Å². The fourth-order valence-corrected chi connectivity index (χ4v) is 1.23. The van der Waals surface area contributed by atoms with E-state index in [1.54, 1.807) is 12.4 Å². The third kappa shape index (κ3) is 2.02. The van der Waals surface area contributed by atoms with Gasteiger partial charge in [-0.05, 0) is 18.6 Å². The molecule has 1 aromatic rings. The predicted molar refractivity (Wildman–Crippen MR) is 52.1 cm³/mol. The van der Waals surface area contributed by atoms with Crippen LogP contribution < -0.4 is 4.74 Å². The van der Waals surface area contributed by atoms with Gasteiger partial charge in [0, 0.05) is 6.20 Å². The Hall–Kier alpha value is -1.58. The van der Waals surface area contributed by atoms with E-state index in [1.807, 2.05) is 12.1 Å². The van der Waals surface area contributed by atoms with E-state index < -0.39 is 0 Å². The van der Waals surface area contributed by atoms with Crippen LogP contribution in [0.15, 0.2) is 29.7 Å². The molecular weight excluding hydrogens is 180 g/mol. The summed E-state index contributed by atoms with van der Waals surface area (Å²) in [6.07, 6.45) is 5.22. The van der Waals surface area contributed by atoms with E-state index in [-0.39, 0.29) is 6.10 Å². The minimum Gasteiger partial charge on any atom is -0.438 e. The predicted octanol–water partition coefficient (Wildman–Crippen LogP) is 1.97. The van der Waals surface area contributed by atoms with Crippen LogP contribution in [0, 0.1) is 0 Å². The van der Waals surface area contributed by atoms with Crippen molar-refractivity contribution >= 4 is 5.90 Å². The van der Waals surface area contributed by atoms with Crippen molar-refractivity contribution in [2.45, 2.75) is 25.9 Å². The third-order valence-corrected chi connectivity index (χ3v) is 2.03. The van der Waals surface area contributed by atoms with Gasteiger partial charge in [0.1, 0.15) is 11.9 Å². The fraction of sp³-hybridized carbons (Fsp3) is 0.400. The summed E-state index contributed by atoms with van der Waals surface area (Å²) in [7, 11) is 0. The molecule has 1 aliphatic heterocycles. The van der Waals surface area contributed by atoms with Crippen LogP contribution >= 0.6 is 0 Å². The first kappa shape index (κ1) is 8.99. The van der Waals surface area contributed by atoms with Crippen LogP contribution in [-0.2, 0) is 4.84 Å². The second kappa shape index (κ2) is 4.09. The first-order valence-corrected chi connectivity index (χ1v) is 4.69. The lowest BCUT2D eigenvalue weighted by molar-refractivity contribution is 0.0827. The minimum atomic E-state index is 0.168. The molecule has 1 atom stereocenters. The number of pyridine rings is 1. The van der Waals surface area contributed by atoms with E-state index in [0.29, 0.717) is 11.6 Å². The molecule has 2 rings (SSSR count). The summed E-state index contributed by atoms with van der Waals surface area (Å²) < 4.78 is 5.47. The number of oxime groups is 1. The zero-order chi connectivity index (χ0) is 9.80. The molecule has 0 amide bonds. The molecule has 0 saturated carbocycles. The SMILES string of the molecule is CCC1CC(Oc2cccnc2)=NO1. The monoisotopic (exact) mass is 192 g/mol. The van der Waals surface area contributed by atoms with Crippen molar-refractivity contribution in [1.29, 1.82) is 0 Å². The van der Waals surface area contributed by atoms with Gasteiger partial charge in [0.15, 0.2) is 0 Å². The van der Waals surface area contributed by atoms with Gasteiger partial charge >= 0.3 is 0 Å². The Labute approximate surface area is 82.5 Å². The van der Waals surface area contributed by atoms with E-state index in [9.17, 15) is 0 Å². The Morgan fingerprint density at radius 1 is 1.64 bits per heavy atom. The number of hydrogen-bond acceptors (Lipinski definition) is 4. The summed E-state index contributed by atoms with van der Waals surface area (Å²) in [6, 6.07) is 3.66. The molecule has 0 N–H and O–H groups in total. The molecule has 0 aromatic carbocycles. The quantitative estimate of drug-likeness (QED) is 0.719. The van der Waals surface area contributed by atoms with Gasteiger partial charge in [-0.2, -0.15) is 0 Å². The maximum absolute atomic E-state index is 5.47. The molecule has 74 valence electrons. The van der Waals surface area contributed by atoms with Crippen molar-refractivity contribution in [2.24, 2.45) is 5.16 Å². The summed E-state index contributed by atoms with van der Waals surface area (Å²) in [5.74, 6) is 1.33. The third-order valence-electron chi connectivity index (χ3n) is 2.03. The molecule has 0 fully saturated rings. The Balaban J connectivity index is 1.94. The summed E-state index contributed by atoms with van der Waals surface area (Å²) in [5.41, 5.74) is 0. The highest BCUT2D eigenvalue weighted by Gasteiger charge is 2.20. The Morgan fingerprint density at radius 2 is 2.57 bits per heavy atom. The highest BCUT2D eigenvalue weighted by molar-refractivity contribution is 5.79. The van der Waals surface area contributed by atoms with Crippen LogP contribution in [0.1, 0.15) is 19.8 Å². The first-order chi connectivity index (χ1) is 6.88. The molecule has 1 unspecified atom stereocenters. The van der Waals surface area contributed by atoms with Gasteiger partial charge in [-0.3, -0.25) is 4.98 Å². The van der Waals surface area contributed by atoms with Crippen molar-refractivity contribution in [3.63, 3.8) is 0 Å². The molecule has 1 aromatic heterocycles. The second-order valence-electron chi connectivity index (χ2n) is 3.12. The zero-order valence-corrected chi connectivity index (χ0v) is 8.01. The average Bonchev–Trinajstić information content (AvgIpc) is 2.67. The summed E-state index contributed by atoms with van der Waals surface area (Å²) in [6.45, 7) is 2.06. The first-order valence-electron chi connectivity index (χ1n) is 4.69. The Kier molecular flexibility index (Phi) is 2.62. The maximum Gasteiger partial charge on any atom is 0.235 e. The van der Waals surface area contributed by atoms with Crippen molar-refractivity contribution < 1.29 is 9.57 Å². The molecule has 2 heterocycles. The van der Waals surface area contributed by atoms with Crippen LogP contribution in [0.2, 0.25) is 0 Å². The van der Waals surface area contributed by atoms with Gasteiger partial charge in [0.25, 0.3) is 0 Å². The average molecular weight is 192 g/mol. The van der Waals surface area contributed by atoms with Crippen molar-refractivity contribution in [2.75, 3.05) is 0 Å². The molecule has 0 saturated heterocycles. The van der Waals surface area contributed by atoms with E-state index in [0.717, 1.165) is 12.8 Å². The lowest BCUT2D eigenvalue weighted by atomic mass is 10.2. The van der Waals surface area contributed by atoms with Gasteiger partial charge in [0.2, 0.25) is 5.90 Å². The molecule has 4 nitrogen and oxygen atoms in total. The number of ether oxygens (including phenoxy) is 1. The number of aromatic nitrogens is 1. The highest BCUT2D eigenvalue weighted by atomic mass is 16.7. The van der Waals surface area contributed by atoms with Gasteiger partial charge in [-0.1, -0.05) is 12.1 Å². The second-order valence-corrected chi connectivity index (χ2v) is 3.12. The van der Waals surface area contributed by atoms with Crippen molar-refractivity contribution in [3.8, 4) is 5.75 Å². The molecule has 0 spiro atoms. The van der Waals surface area contributed by atoms with E-state index in [4.69, 9.17) is 9.57 Å². The Bertz CT molecular complexity index is 324. The van der Waals surface area contributed by atoms with Gasteiger partial charge in [-0.15, -0.1) is 0 Å². The van der Waals surface area contributed by atoms with E-state index in [2.05, 4.69) is 17.1 Å². The topological polar surface area (TPSA) is 43.7 Å². The molecule has 0 aliphatic carbocycles. The molecule has 14 heavy (non-hydrogen) atoms. The standard InChI is InChI=1S/C10H12N2O2/c1-2-8-6-10(12-14-8)13-9-4-3-5-11-7-9/h3-5,7-8H,2,6H2,1H3. The smallest absolute Gasteiger partial charge is 0.235 e. The molecule has 0 bridgehead atoms. The van der Waals surface area contributed by atoms with Gasteiger partial charge < -0.3 is 9.57 Å². The fourth-order valence-electron chi connectivity index (χ4n) is 1.23. The minimum absolute atomic E-state index is 0.168. The van der Waals surface area contributed by atoms with Crippen molar-refractivity contribution in [3.05, 3.63) is 24.5 Å². The van der Waals surface area contributed by atoms with Crippen LogP contribution in [0.25, 0.3) is 0 Å². The lowest BCUT2D eigenvalue weighted by Crippen LogP contribution is -2.10. The van der Waals surface area contributed by atoms with Gasteiger partial charge in [-0.25, -0.2) is 0 Å². The normalized spacial score (nSPS) is 20.1. The molecule has 0 radical (unpaired) electrons. The number of hydrogen-bond donors (Lipinski definition) is 0. The van der Waals surface area contributed by atoms with E-state index >= 15 is 0 Å². The highest BCUT2D eigenvalue weighted by Crippen LogP contribution is 2.16. The van der Waals surface area contributed by atoms with Gasteiger partial charge in [0.05, 0.1) is 12.6 Å². The number of nitrogens with zero attached hydrogens (tertiary/aromatic N) is 2. The maximum atomic E-state index is 5.47. The zero-order valence-electron chi connectivity index (χ0n) is 8.01. The summed E-state index contributed by atoms with van der Waals surface area (Å²) in [4.78, 5) is 9.07. The number of rotatable bonds is 2. The van der Waals surface area contributed by atoms with E-state index in [1.165, 1.54) is 0 Å². The summed E-state index contributed by atoms with van der Waals surface area (Å²) >= 11 is 0. The Morgan fingerprint density at radius 3 is 3.21 bits per heavy atom. The molecular formula is C10H12N2O2. The van der Waals surface area contributed by atoms with Crippen molar-refractivity contribution in [1.82, 2.24) is 4.98 Å². The van der Waals surface area contributed by atoms with Crippen LogP contribution in [0.5, 0.6) is 5.75 Å². The molecule has 1 aliphatic rings. The van der Waals surface area contributed by atoms with Crippen LogP contribution in [0.4, 0.5) is 0 Å². The largest absolute Gasteiger partial charge is 0.438 e. The lowest BCUT2D eigenvalue weighted by Gasteiger charge is -2.03. The summed E-state index contributed by atoms with van der Waals surface area (Å²) in [5, 5.41) is 3.85. The van der Waals surface area contributed by atoms with Crippen LogP contribution in [-0.4, -0.2) is 17.0 Å². The molecule has 4 heteroatoms.